The van der Waals surface area contributed by atoms with Gasteiger partial charge in [-0.15, -0.1) is 24.0 Å². The van der Waals surface area contributed by atoms with Crippen molar-refractivity contribution in [1.29, 1.82) is 0 Å². The summed E-state index contributed by atoms with van der Waals surface area (Å²) in [5.74, 6) is 0.372. The lowest BCUT2D eigenvalue weighted by atomic mass is 10.2. The number of benzene rings is 1. The molecule has 0 aliphatic carbocycles. The van der Waals surface area contributed by atoms with Gasteiger partial charge in [0.2, 0.25) is 0 Å². The summed E-state index contributed by atoms with van der Waals surface area (Å²) in [6, 6.07) is 8.20. The first-order valence-corrected chi connectivity index (χ1v) is 5.86. The summed E-state index contributed by atoms with van der Waals surface area (Å²) < 4.78 is 17.7. The number of halogens is 2. The minimum Gasteiger partial charge on any atom is -0.364 e. The van der Waals surface area contributed by atoms with Crippen LogP contribution in [0.1, 0.15) is 11.3 Å². The van der Waals surface area contributed by atoms with Gasteiger partial charge in [0.1, 0.15) is 17.8 Å². The smallest absolute Gasteiger partial charge is 0.191 e. The van der Waals surface area contributed by atoms with Crippen LogP contribution in [0.4, 0.5) is 4.39 Å². The lowest BCUT2D eigenvalue weighted by Gasteiger charge is -2.10. The van der Waals surface area contributed by atoms with Gasteiger partial charge in [0, 0.05) is 19.7 Å². The van der Waals surface area contributed by atoms with Crippen LogP contribution in [0.3, 0.4) is 0 Å². The van der Waals surface area contributed by atoms with Gasteiger partial charge in [-0.2, -0.15) is 0 Å². The van der Waals surface area contributed by atoms with Crippen molar-refractivity contribution in [2.75, 3.05) is 7.05 Å². The molecule has 2 aromatic rings. The van der Waals surface area contributed by atoms with E-state index in [0.717, 1.165) is 11.3 Å². The average molecular weight is 390 g/mol. The first kappa shape index (κ1) is 16.4. The van der Waals surface area contributed by atoms with Crippen molar-refractivity contribution in [3.63, 3.8) is 0 Å². The van der Waals surface area contributed by atoms with Gasteiger partial charge in [0.25, 0.3) is 0 Å². The van der Waals surface area contributed by atoms with Crippen LogP contribution in [0, 0.1) is 5.82 Å². The lowest BCUT2D eigenvalue weighted by molar-refractivity contribution is 0.410. The van der Waals surface area contributed by atoms with Gasteiger partial charge in [-0.1, -0.05) is 17.3 Å². The Hall–Kier alpha value is -1.64. The van der Waals surface area contributed by atoms with Crippen molar-refractivity contribution >= 4 is 29.9 Å². The number of hydrogen-bond donors (Lipinski definition) is 2. The third-order valence-corrected chi connectivity index (χ3v) is 2.50. The Labute approximate surface area is 133 Å². The second kappa shape index (κ2) is 8.51. The van der Waals surface area contributed by atoms with Crippen LogP contribution in [0.15, 0.2) is 46.1 Å². The molecule has 0 spiro atoms. The number of hydrogen-bond acceptors (Lipinski definition) is 3. The summed E-state index contributed by atoms with van der Waals surface area (Å²) in [5, 5.41) is 9.95. The minimum absolute atomic E-state index is 0. The van der Waals surface area contributed by atoms with Crippen LogP contribution in [-0.4, -0.2) is 18.2 Å². The molecular formula is C13H16FIN4O. The zero-order chi connectivity index (χ0) is 13.5. The second-order valence-corrected chi connectivity index (χ2v) is 3.90. The summed E-state index contributed by atoms with van der Waals surface area (Å²) in [4.78, 5) is 4.07. The van der Waals surface area contributed by atoms with Crippen molar-refractivity contribution < 1.29 is 8.91 Å². The van der Waals surface area contributed by atoms with E-state index >= 15 is 0 Å². The normalized spacial score (nSPS) is 10.8. The van der Waals surface area contributed by atoms with Crippen LogP contribution < -0.4 is 10.6 Å². The van der Waals surface area contributed by atoms with Gasteiger partial charge in [-0.25, -0.2) is 4.39 Å². The van der Waals surface area contributed by atoms with E-state index in [0.29, 0.717) is 19.0 Å². The van der Waals surface area contributed by atoms with Gasteiger partial charge in [-0.3, -0.25) is 4.99 Å². The predicted octanol–water partition coefficient (Wildman–Crippen LogP) is 2.30. The highest BCUT2D eigenvalue weighted by Crippen LogP contribution is 2.02. The van der Waals surface area contributed by atoms with E-state index in [4.69, 9.17) is 4.52 Å². The van der Waals surface area contributed by atoms with Crippen LogP contribution in [0.2, 0.25) is 0 Å². The standard InChI is InChI=1S/C13H15FN4O.HI/c1-15-13(17-9-12-5-6-19-18-12)16-8-10-3-2-4-11(14)7-10;/h2-7H,8-9H2,1H3,(H2,15,16,17);1H. The van der Waals surface area contributed by atoms with Crippen molar-refractivity contribution in [2.24, 2.45) is 4.99 Å². The molecule has 1 aromatic heterocycles. The monoisotopic (exact) mass is 390 g/mol. The fraction of sp³-hybridized carbons (Fsp3) is 0.231. The molecule has 0 saturated carbocycles. The fourth-order valence-electron chi connectivity index (χ4n) is 1.56. The summed E-state index contributed by atoms with van der Waals surface area (Å²) in [6.07, 6.45) is 1.51. The molecule has 0 fully saturated rings. The predicted molar refractivity (Wildman–Crippen MR) is 85.4 cm³/mol. The number of nitrogens with one attached hydrogen (secondary N) is 2. The Balaban J connectivity index is 0.00000200. The molecule has 0 radical (unpaired) electrons. The van der Waals surface area contributed by atoms with E-state index in [-0.39, 0.29) is 29.8 Å². The topological polar surface area (TPSA) is 62.5 Å². The Morgan fingerprint density at radius 3 is 2.75 bits per heavy atom. The van der Waals surface area contributed by atoms with Gasteiger partial charge in [-0.05, 0) is 17.7 Å². The molecule has 1 aromatic carbocycles. The van der Waals surface area contributed by atoms with Crippen LogP contribution in [-0.2, 0) is 13.1 Å². The van der Waals surface area contributed by atoms with Crippen molar-refractivity contribution in [1.82, 2.24) is 15.8 Å². The Bertz CT molecular complexity index is 545. The molecule has 0 amide bonds. The molecule has 0 atom stereocenters. The molecule has 0 unspecified atom stereocenters. The van der Waals surface area contributed by atoms with Crippen LogP contribution in [0.5, 0.6) is 0 Å². The van der Waals surface area contributed by atoms with Gasteiger partial charge in [0.05, 0.1) is 6.54 Å². The van der Waals surface area contributed by atoms with Gasteiger partial charge >= 0.3 is 0 Å². The molecular weight excluding hydrogens is 374 g/mol. The van der Waals surface area contributed by atoms with Crippen molar-refractivity contribution in [2.45, 2.75) is 13.1 Å². The van der Waals surface area contributed by atoms with E-state index in [1.165, 1.54) is 18.4 Å². The lowest BCUT2D eigenvalue weighted by Crippen LogP contribution is -2.36. The van der Waals surface area contributed by atoms with E-state index in [9.17, 15) is 4.39 Å². The van der Waals surface area contributed by atoms with Gasteiger partial charge in [0.15, 0.2) is 5.96 Å². The fourth-order valence-corrected chi connectivity index (χ4v) is 1.56. The highest BCUT2D eigenvalue weighted by atomic mass is 127. The van der Waals surface area contributed by atoms with E-state index in [1.807, 2.05) is 6.07 Å². The molecule has 0 aliphatic heterocycles. The molecule has 2 rings (SSSR count). The van der Waals surface area contributed by atoms with E-state index in [2.05, 4.69) is 20.8 Å². The molecule has 1 heterocycles. The number of guanidine groups is 1. The Morgan fingerprint density at radius 2 is 2.10 bits per heavy atom. The third-order valence-electron chi connectivity index (χ3n) is 2.50. The second-order valence-electron chi connectivity index (χ2n) is 3.90. The van der Waals surface area contributed by atoms with Gasteiger partial charge < -0.3 is 15.2 Å². The highest BCUT2D eigenvalue weighted by Gasteiger charge is 2.01. The summed E-state index contributed by atoms with van der Waals surface area (Å²) in [7, 11) is 1.67. The maximum Gasteiger partial charge on any atom is 0.191 e. The molecule has 108 valence electrons. The minimum atomic E-state index is -0.246. The van der Waals surface area contributed by atoms with Crippen molar-refractivity contribution in [3.05, 3.63) is 53.7 Å². The number of nitrogens with zero attached hydrogens (tertiary/aromatic N) is 2. The SMILES string of the molecule is CN=C(NCc1cccc(F)c1)NCc1ccon1.I. The maximum atomic E-state index is 13.0. The Kier molecular flexibility index (Phi) is 6.99. The highest BCUT2D eigenvalue weighted by molar-refractivity contribution is 14.0. The molecule has 0 aliphatic rings. The quantitative estimate of drug-likeness (QED) is 0.478. The summed E-state index contributed by atoms with van der Waals surface area (Å²) in [6.45, 7) is 1.01. The zero-order valence-corrected chi connectivity index (χ0v) is 13.3. The maximum absolute atomic E-state index is 13.0. The average Bonchev–Trinajstić information content (AvgIpc) is 2.92. The van der Waals surface area contributed by atoms with Crippen LogP contribution >= 0.6 is 24.0 Å². The van der Waals surface area contributed by atoms with E-state index < -0.39 is 0 Å². The van der Waals surface area contributed by atoms with Crippen molar-refractivity contribution in [3.8, 4) is 0 Å². The molecule has 2 N–H and O–H groups in total. The molecule has 20 heavy (non-hydrogen) atoms. The van der Waals surface area contributed by atoms with Crippen LogP contribution in [0.25, 0.3) is 0 Å². The largest absolute Gasteiger partial charge is 0.364 e. The molecule has 0 bridgehead atoms. The first-order chi connectivity index (χ1) is 9.28. The molecule has 5 nitrogen and oxygen atoms in total. The number of aliphatic imine (C=N–C) groups is 1. The zero-order valence-electron chi connectivity index (χ0n) is 11.0. The molecule has 0 saturated heterocycles. The third kappa shape index (κ3) is 5.16. The summed E-state index contributed by atoms with van der Waals surface area (Å²) >= 11 is 0. The number of rotatable bonds is 4. The molecule has 7 heteroatoms. The summed E-state index contributed by atoms with van der Waals surface area (Å²) in [5.41, 5.74) is 1.64. The van der Waals surface area contributed by atoms with E-state index in [1.54, 1.807) is 19.2 Å². The Morgan fingerprint density at radius 1 is 1.30 bits per heavy atom. The first-order valence-electron chi connectivity index (χ1n) is 5.86. The number of aromatic nitrogens is 1.